The van der Waals surface area contributed by atoms with E-state index in [1.165, 1.54) is 16.7 Å². The highest BCUT2D eigenvalue weighted by atomic mass is 16.5. The summed E-state index contributed by atoms with van der Waals surface area (Å²) in [7, 11) is 9.52. The average molecular weight is 1850 g/mol. The van der Waals surface area contributed by atoms with Crippen LogP contribution in [0.5, 0.6) is 34.5 Å². The first-order valence-electron chi connectivity index (χ1n) is 46.3. The second kappa shape index (κ2) is 37.9. The lowest BCUT2D eigenvalue weighted by molar-refractivity contribution is -0.118. The number of amidine groups is 5. The summed E-state index contributed by atoms with van der Waals surface area (Å²) in [6, 6.07) is 67.8. The van der Waals surface area contributed by atoms with E-state index in [1.807, 2.05) is 264 Å². The molecule has 708 valence electrons. The fourth-order valence-electron chi connectivity index (χ4n) is 20.2. The molecule has 10 aromatic carbocycles. The maximum Gasteiger partial charge on any atom is 0.193 e. The Kier molecular flexibility index (Phi) is 26.3. The number of hydrogen-bond acceptors (Lipinski definition) is 21. The third-order valence-corrected chi connectivity index (χ3v) is 27.0. The highest BCUT2D eigenvalue weighted by molar-refractivity contribution is 6.40. The predicted molar refractivity (Wildman–Crippen MR) is 550 cm³/mol. The number of aryl methyl sites for hydroxylation is 4. The van der Waals surface area contributed by atoms with Gasteiger partial charge in [0.1, 0.15) is 92.4 Å². The van der Waals surface area contributed by atoms with E-state index < -0.39 is 28.7 Å². The summed E-state index contributed by atoms with van der Waals surface area (Å²) >= 11 is 0. The van der Waals surface area contributed by atoms with Crippen LogP contribution in [0.15, 0.2) is 269 Å². The normalized spacial score (nSPS) is 20.8. The Bertz CT molecular complexity index is 6580. The van der Waals surface area contributed by atoms with E-state index >= 15 is 0 Å². The van der Waals surface area contributed by atoms with E-state index in [4.69, 9.17) is 55.5 Å². The number of benzene rings is 10. The summed E-state index contributed by atoms with van der Waals surface area (Å²) in [6.45, 7) is 27.5. The first-order chi connectivity index (χ1) is 65.8. The van der Waals surface area contributed by atoms with Crippen molar-refractivity contribution in [1.82, 2.24) is 0 Å². The molecule has 0 aliphatic carbocycles. The SMILES string of the molecule is COc1cc(OC)cc(N2C(=N)C(=C3Cc4ccccc4N3)C(=O)[C@@H]2C(C)C)c1.COc1cc(OC)cc(N2C(=N)C(=C3Cc4ccccc4N3)C(=O)[C@H]2C(C)C)c1.COc1ccc(N2C(=N)C(=C3Cc4ccccc4N3)C(=O)C2(C)C)c(OC)c1.Cc1cc(C)cc(N2C(=N)C(=C3Cc4ccccc4N3)C(=O)C2(C)C)c1.Cc1ccc(N2C(=N)C(=C3Cc4ccccc4N3)C(=O)C2(C)C)c(C)c1. The largest absolute Gasteiger partial charge is 0.497 e. The summed E-state index contributed by atoms with van der Waals surface area (Å²) in [5.74, 6) is 4.76. The van der Waals surface area contributed by atoms with Crippen molar-refractivity contribution >= 4 is 115 Å². The van der Waals surface area contributed by atoms with Crippen molar-refractivity contribution in [2.75, 3.05) is 93.7 Å². The zero-order valence-electron chi connectivity index (χ0n) is 81.8. The van der Waals surface area contributed by atoms with Gasteiger partial charge in [0, 0.05) is 143 Å². The number of nitrogens with zero attached hydrogens (tertiary/aromatic N) is 5. The maximum atomic E-state index is 13.4. The molecule has 5 fully saturated rings. The second-order valence-corrected chi connectivity index (χ2v) is 38.1. The van der Waals surface area contributed by atoms with Gasteiger partial charge in [-0.25, -0.2) is 0 Å². The van der Waals surface area contributed by atoms with Crippen LogP contribution in [0.2, 0.25) is 0 Å². The van der Waals surface area contributed by atoms with Gasteiger partial charge in [-0.05, 0) is 186 Å². The van der Waals surface area contributed by atoms with Crippen molar-refractivity contribution in [3.05, 3.63) is 319 Å². The van der Waals surface area contributed by atoms with E-state index in [0.29, 0.717) is 112 Å². The highest BCUT2D eigenvalue weighted by Gasteiger charge is 2.55. The Labute approximate surface area is 806 Å². The molecule has 10 heterocycles. The number of methoxy groups -OCH3 is 6. The number of para-hydroxylation sites is 5. The molecular formula is C112H119N15O11. The van der Waals surface area contributed by atoms with Crippen LogP contribution in [0, 0.1) is 66.6 Å². The minimum Gasteiger partial charge on any atom is -0.497 e. The Morgan fingerprint density at radius 1 is 0.304 bits per heavy atom. The van der Waals surface area contributed by atoms with E-state index in [-0.39, 0.29) is 69.9 Å². The van der Waals surface area contributed by atoms with Crippen molar-refractivity contribution in [2.45, 2.75) is 158 Å². The quantitative estimate of drug-likeness (QED) is 0.0479. The van der Waals surface area contributed by atoms with Crippen LogP contribution in [0.25, 0.3) is 0 Å². The smallest absolute Gasteiger partial charge is 0.193 e. The van der Waals surface area contributed by atoms with Crippen LogP contribution in [0.3, 0.4) is 0 Å². The molecule has 20 rings (SSSR count). The molecule has 0 saturated carbocycles. The predicted octanol–water partition coefficient (Wildman–Crippen LogP) is 20.5. The van der Waals surface area contributed by atoms with Crippen molar-refractivity contribution in [3.63, 3.8) is 0 Å². The Hall–Kier alpha value is -15.6. The molecule has 0 amide bonds. The zero-order chi connectivity index (χ0) is 98.7. The van der Waals surface area contributed by atoms with Gasteiger partial charge in [0.05, 0.1) is 87.6 Å². The summed E-state index contributed by atoms with van der Waals surface area (Å²) in [5, 5.41) is 61.1. The monoisotopic (exact) mass is 1850 g/mol. The van der Waals surface area contributed by atoms with Crippen molar-refractivity contribution < 1.29 is 52.4 Å². The van der Waals surface area contributed by atoms with Gasteiger partial charge in [-0.2, -0.15) is 0 Å². The number of carbonyl (C=O) groups excluding carboxylic acids is 5. The number of ketones is 5. The fourth-order valence-corrected chi connectivity index (χ4v) is 20.2. The third kappa shape index (κ3) is 17.5. The lowest BCUT2D eigenvalue weighted by atomic mass is 9.95. The van der Waals surface area contributed by atoms with E-state index in [9.17, 15) is 24.0 Å². The number of anilines is 10. The minimum atomic E-state index is -0.905. The van der Waals surface area contributed by atoms with Gasteiger partial charge >= 0.3 is 0 Å². The van der Waals surface area contributed by atoms with Gasteiger partial charge < -0.3 is 79.5 Å². The van der Waals surface area contributed by atoms with Gasteiger partial charge in [0.2, 0.25) is 0 Å². The van der Waals surface area contributed by atoms with Crippen LogP contribution in [0.4, 0.5) is 56.9 Å². The molecule has 2 atom stereocenters. The molecule has 0 radical (unpaired) electrons. The topological polar surface area (TPSA) is 336 Å². The number of rotatable bonds is 13. The Morgan fingerprint density at radius 3 is 0.906 bits per heavy atom. The number of ether oxygens (including phenoxy) is 6. The molecule has 10 N–H and O–H groups in total. The van der Waals surface area contributed by atoms with Gasteiger partial charge in [-0.15, -0.1) is 0 Å². The molecule has 0 bridgehead atoms. The van der Waals surface area contributed by atoms with Crippen molar-refractivity contribution in [1.29, 1.82) is 27.0 Å². The Balaban J connectivity index is 0.000000125. The number of nitrogens with one attached hydrogen (secondary N) is 10. The lowest BCUT2D eigenvalue weighted by Crippen LogP contribution is -2.44. The van der Waals surface area contributed by atoms with E-state index in [0.717, 1.165) is 102 Å². The third-order valence-electron chi connectivity index (χ3n) is 27.0. The van der Waals surface area contributed by atoms with Crippen molar-refractivity contribution in [3.8, 4) is 34.5 Å². The summed E-state index contributed by atoms with van der Waals surface area (Å²) in [4.78, 5) is 75.8. The fraction of sp³-hybridized carbons (Fsp3) is 0.286. The van der Waals surface area contributed by atoms with Crippen LogP contribution in [-0.4, -0.2) is 129 Å². The molecule has 10 aromatic rings. The standard InChI is InChI=1S/2C23H25N3O3.C22H23N3O3.2C22H23N3O/c2*1-13(2)21-22(27)20(19-9-14-7-5-6-8-18(14)25-19)23(24)26(21)15-10-16(28-3)12-17(11-15)29-4;1-22(2)20(26)19(16-11-13-7-5-6-8-15(13)24-16)21(23)25(22)17-10-9-14(27-3)12-18(17)28-4;1-13-9-14(2)11-16(10-13)25-21(23)19(20(26)22(25,3)4)18-12-15-7-5-6-8-17(15)24-18;1-13-9-10-18(14(2)11-13)25-21(23)19(20(26)22(25,3)4)17-12-15-7-5-6-8-16(15)24-17/h2*5-8,10-13,21,24-25H,9H2,1-4H3;5-10,12,23-24H,11H2,1-4H3;2*5-11,23-24H,12H2,1-4H3/t2*21-;;;/m10.../s1. The second-order valence-electron chi connectivity index (χ2n) is 38.1. The van der Waals surface area contributed by atoms with E-state index in [1.54, 1.807) is 81.6 Å². The summed E-state index contributed by atoms with van der Waals surface area (Å²) in [5.41, 5.74) is 23.1. The molecule has 26 nitrogen and oxygen atoms in total. The maximum absolute atomic E-state index is 13.4. The van der Waals surface area contributed by atoms with Crippen molar-refractivity contribution in [2.24, 2.45) is 11.8 Å². The number of Topliss-reactive ketones (excluding diaryl/α,β-unsaturated/α-hetero) is 5. The average Bonchev–Trinajstić information content (AvgIpc) is 1.57. The Morgan fingerprint density at radius 2 is 0.601 bits per heavy atom. The highest BCUT2D eigenvalue weighted by Crippen LogP contribution is 2.49. The van der Waals surface area contributed by atoms with Gasteiger partial charge in [-0.1, -0.05) is 142 Å². The summed E-state index contributed by atoms with van der Waals surface area (Å²) in [6.07, 6.45) is 3.19. The number of carbonyl (C=O) groups is 5. The van der Waals surface area contributed by atoms with Gasteiger partial charge in [-0.3, -0.25) is 51.0 Å². The first kappa shape index (κ1) is 95.6. The van der Waals surface area contributed by atoms with Crippen LogP contribution in [-0.2, 0) is 56.1 Å². The number of allylic oxidation sites excluding steroid dienone is 5. The summed E-state index contributed by atoms with van der Waals surface area (Å²) < 4.78 is 32.4. The molecule has 10 aliphatic rings. The van der Waals surface area contributed by atoms with Gasteiger partial charge in [0.15, 0.2) is 28.9 Å². The van der Waals surface area contributed by atoms with Crippen LogP contribution < -0.4 is 79.5 Å². The molecule has 0 unspecified atom stereocenters. The van der Waals surface area contributed by atoms with E-state index in [2.05, 4.69) is 57.8 Å². The minimum absolute atomic E-state index is 0.00205. The number of fused-ring (bicyclic) bond motifs is 5. The van der Waals surface area contributed by atoms with Crippen LogP contribution in [0.1, 0.15) is 119 Å². The lowest BCUT2D eigenvalue weighted by Gasteiger charge is -2.32. The molecule has 5 saturated heterocycles. The molecular weight excluding hydrogens is 1730 g/mol. The zero-order valence-corrected chi connectivity index (χ0v) is 81.8. The number of hydrogen-bond donors (Lipinski definition) is 10. The molecule has 0 aromatic heterocycles. The molecule has 10 aliphatic heterocycles. The van der Waals surface area contributed by atoms with Crippen LogP contribution >= 0.6 is 0 Å². The van der Waals surface area contributed by atoms with Gasteiger partial charge in [0.25, 0.3) is 0 Å². The molecule has 0 spiro atoms. The first-order valence-corrected chi connectivity index (χ1v) is 46.3. The molecule has 138 heavy (non-hydrogen) atoms. The molecule has 26 heteroatoms.